The number of amides is 1. The minimum atomic E-state index is -0.181. The van der Waals surface area contributed by atoms with E-state index in [0.717, 1.165) is 18.8 Å². The van der Waals surface area contributed by atoms with Crippen molar-refractivity contribution in [2.75, 3.05) is 25.6 Å². The fraction of sp³-hybridized carbons (Fsp3) is 0.538. The number of nitrogens with one attached hydrogen (secondary N) is 2. The van der Waals surface area contributed by atoms with Crippen molar-refractivity contribution in [2.24, 2.45) is 0 Å². The molecule has 0 fully saturated rings. The average molecular weight is 251 g/mol. The zero-order valence-electron chi connectivity index (χ0n) is 11.2. The highest BCUT2D eigenvalue weighted by Crippen LogP contribution is 2.05. The van der Waals surface area contributed by atoms with Crippen LogP contribution in [-0.2, 0) is 4.74 Å². The molecule has 1 atom stereocenters. The summed E-state index contributed by atoms with van der Waals surface area (Å²) in [5, 5.41) is 5.98. The summed E-state index contributed by atoms with van der Waals surface area (Å²) in [6.45, 7) is 5.30. The van der Waals surface area contributed by atoms with Crippen molar-refractivity contribution in [1.29, 1.82) is 0 Å². The first kappa shape index (κ1) is 14.4. The Morgan fingerprint density at radius 2 is 2.28 bits per heavy atom. The molecule has 0 spiro atoms. The van der Waals surface area contributed by atoms with Crippen LogP contribution in [0.1, 0.15) is 30.8 Å². The van der Waals surface area contributed by atoms with E-state index in [1.807, 2.05) is 19.1 Å². The van der Waals surface area contributed by atoms with Crippen molar-refractivity contribution in [2.45, 2.75) is 26.3 Å². The molecule has 1 aromatic heterocycles. The van der Waals surface area contributed by atoms with Crippen LogP contribution in [0.5, 0.6) is 0 Å². The van der Waals surface area contributed by atoms with E-state index < -0.39 is 0 Å². The number of pyridine rings is 1. The van der Waals surface area contributed by atoms with E-state index in [1.54, 1.807) is 13.2 Å². The van der Waals surface area contributed by atoms with Crippen LogP contribution in [0.4, 0.5) is 5.82 Å². The fourth-order valence-electron chi connectivity index (χ4n) is 1.50. The minimum absolute atomic E-state index is 0.0310. The third-order valence-electron chi connectivity index (χ3n) is 2.33. The highest BCUT2D eigenvalue weighted by atomic mass is 16.5. The summed E-state index contributed by atoms with van der Waals surface area (Å²) < 4.78 is 4.97. The first-order valence-electron chi connectivity index (χ1n) is 6.18. The third-order valence-corrected chi connectivity index (χ3v) is 2.33. The van der Waals surface area contributed by atoms with Gasteiger partial charge in [-0.2, -0.15) is 0 Å². The average Bonchev–Trinajstić information content (AvgIpc) is 2.37. The zero-order chi connectivity index (χ0) is 13.4. The van der Waals surface area contributed by atoms with Gasteiger partial charge in [-0.25, -0.2) is 4.98 Å². The standard InChI is InChI=1S/C13H21N3O2/c1-4-8-14-12-7-5-6-11(16-12)13(17)15-10(2)9-18-3/h5-7,10H,4,8-9H2,1-3H3,(H,14,16)(H,15,17). The lowest BCUT2D eigenvalue weighted by Crippen LogP contribution is -2.36. The first-order valence-corrected chi connectivity index (χ1v) is 6.18. The predicted molar refractivity (Wildman–Crippen MR) is 71.8 cm³/mol. The highest BCUT2D eigenvalue weighted by molar-refractivity contribution is 5.92. The summed E-state index contributed by atoms with van der Waals surface area (Å²) in [7, 11) is 1.61. The fourth-order valence-corrected chi connectivity index (χ4v) is 1.50. The van der Waals surface area contributed by atoms with Crippen LogP contribution >= 0.6 is 0 Å². The van der Waals surface area contributed by atoms with Crippen molar-refractivity contribution < 1.29 is 9.53 Å². The molecule has 1 heterocycles. The lowest BCUT2D eigenvalue weighted by atomic mass is 10.3. The van der Waals surface area contributed by atoms with E-state index in [-0.39, 0.29) is 11.9 Å². The quantitative estimate of drug-likeness (QED) is 0.773. The Morgan fingerprint density at radius 1 is 1.50 bits per heavy atom. The lowest BCUT2D eigenvalue weighted by molar-refractivity contribution is 0.0900. The van der Waals surface area contributed by atoms with Gasteiger partial charge in [0.05, 0.1) is 6.61 Å². The van der Waals surface area contributed by atoms with E-state index in [0.29, 0.717) is 12.3 Å². The van der Waals surface area contributed by atoms with Gasteiger partial charge in [-0.15, -0.1) is 0 Å². The summed E-state index contributed by atoms with van der Waals surface area (Å²) in [6.07, 6.45) is 1.02. The van der Waals surface area contributed by atoms with E-state index in [2.05, 4.69) is 22.5 Å². The van der Waals surface area contributed by atoms with Crippen molar-refractivity contribution in [3.05, 3.63) is 23.9 Å². The lowest BCUT2D eigenvalue weighted by Gasteiger charge is -2.12. The third kappa shape index (κ3) is 4.71. The maximum atomic E-state index is 11.9. The zero-order valence-corrected chi connectivity index (χ0v) is 11.2. The Bertz CT molecular complexity index is 382. The van der Waals surface area contributed by atoms with Crippen LogP contribution in [0.2, 0.25) is 0 Å². The van der Waals surface area contributed by atoms with E-state index in [9.17, 15) is 4.79 Å². The number of methoxy groups -OCH3 is 1. The SMILES string of the molecule is CCCNc1cccc(C(=O)NC(C)COC)n1. The van der Waals surface area contributed by atoms with Crippen molar-refractivity contribution in [3.8, 4) is 0 Å². The van der Waals surface area contributed by atoms with Crippen molar-refractivity contribution in [3.63, 3.8) is 0 Å². The Morgan fingerprint density at radius 3 is 2.94 bits per heavy atom. The van der Waals surface area contributed by atoms with Crippen LogP contribution in [0.15, 0.2) is 18.2 Å². The maximum absolute atomic E-state index is 11.9. The second kappa shape index (κ2) is 7.66. The molecule has 18 heavy (non-hydrogen) atoms. The maximum Gasteiger partial charge on any atom is 0.270 e. The molecule has 1 rings (SSSR count). The number of carbonyl (C=O) groups excluding carboxylic acids is 1. The molecule has 0 radical (unpaired) electrons. The van der Waals surface area contributed by atoms with Crippen LogP contribution in [0, 0.1) is 0 Å². The van der Waals surface area contributed by atoms with Crippen LogP contribution in [0.25, 0.3) is 0 Å². The predicted octanol–water partition coefficient (Wildman–Crippen LogP) is 1.67. The van der Waals surface area contributed by atoms with Gasteiger partial charge < -0.3 is 15.4 Å². The molecule has 0 aliphatic carbocycles. The summed E-state index contributed by atoms with van der Waals surface area (Å²) in [4.78, 5) is 16.2. The van der Waals surface area contributed by atoms with Crippen LogP contribution < -0.4 is 10.6 Å². The molecule has 0 aromatic carbocycles. The Balaban J connectivity index is 2.62. The number of hydrogen-bond donors (Lipinski definition) is 2. The largest absolute Gasteiger partial charge is 0.383 e. The molecule has 0 saturated carbocycles. The molecule has 2 N–H and O–H groups in total. The normalized spacial score (nSPS) is 11.9. The van der Waals surface area contributed by atoms with Gasteiger partial charge in [0.2, 0.25) is 0 Å². The van der Waals surface area contributed by atoms with Crippen LogP contribution in [-0.4, -0.2) is 37.2 Å². The molecule has 5 nitrogen and oxygen atoms in total. The van der Waals surface area contributed by atoms with Gasteiger partial charge in [0.1, 0.15) is 11.5 Å². The summed E-state index contributed by atoms with van der Waals surface area (Å²) >= 11 is 0. The molecular weight excluding hydrogens is 230 g/mol. The molecule has 0 aliphatic rings. The molecule has 1 aromatic rings. The monoisotopic (exact) mass is 251 g/mol. The second-order valence-corrected chi connectivity index (χ2v) is 4.16. The van der Waals surface area contributed by atoms with Gasteiger partial charge in [0.15, 0.2) is 0 Å². The number of carbonyl (C=O) groups is 1. The summed E-state index contributed by atoms with van der Waals surface area (Å²) in [5.41, 5.74) is 0.416. The van der Waals surface area contributed by atoms with E-state index >= 15 is 0 Å². The molecule has 0 bridgehead atoms. The Hall–Kier alpha value is -1.62. The van der Waals surface area contributed by atoms with Gasteiger partial charge in [0.25, 0.3) is 5.91 Å². The molecule has 5 heteroatoms. The molecule has 1 unspecified atom stereocenters. The number of nitrogens with zero attached hydrogens (tertiary/aromatic N) is 1. The number of ether oxygens (including phenoxy) is 1. The van der Waals surface area contributed by atoms with Gasteiger partial charge in [-0.1, -0.05) is 13.0 Å². The smallest absolute Gasteiger partial charge is 0.270 e. The molecule has 0 aliphatic heterocycles. The van der Waals surface area contributed by atoms with E-state index in [4.69, 9.17) is 4.74 Å². The number of aromatic nitrogens is 1. The van der Waals surface area contributed by atoms with Gasteiger partial charge >= 0.3 is 0 Å². The summed E-state index contributed by atoms with van der Waals surface area (Å²) in [5.74, 6) is 0.545. The first-order chi connectivity index (χ1) is 8.67. The van der Waals surface area contributed by atoms with Gasteiger partial charge in [-0.3, -0.25) is 4.79 Å². The minimum Gasteiger partial charge on any atom is -0.383 e. The molecule has 100 valence electrons. The van der Waals surface area contributed by atoms with Crippen molar-refractivity contribution >= 4 is 11.7 Å². The second-order valence-electron chi connectivity index (χ2n) is 4.16. The van der Waals surface area contributed by atoms with Crippen LogP contribution in [0.3, 0.4) is 0 Å². The molecule has 1 amide bonds. The Kier molecular flexibility index (Phi) is 6.14. The Labute approximate surface area is 108 Å². The van der Waals surface area contributed by atoms with E-state index in [1.165, 1.54) is 0 Å². The van der Waals surface area contributed by atoms with Crippen molar-refractivity contribution in [1.82, 2.24) is 10.3 Å². The molecule has 0 saturated heterocycles. The number of hydrogen-bond acceptors (Lipinski definition) is 4. The highest BCUT2D eigenvalue weighted by Gasteiger charge is 2.11. The van der Waals surface area contributed by atoms with Gasteiger partial charge in [-0.05, 0) is 25.5 Å². The topological polar surface area (TPSA) is 63.2 Å². The molecular formula is C13H21N3O2. The summed E-state index contributed by atoms with van der Waals surface area (Å²) in [6, 6.07) is 5.34. The number of rotatable bonds is 7. The number of anilines is 1. The van der Waals surface area contributed by atoms with Gasteiger partial charge in [0, 0.05) is 19.7 Å².